The average molecular weight is 1380 g/mol. The molecule has 507 valence electrons. The van der Waals surface area contributed by atoms with Crippen molar-refractivity contribution < 1.29 is 124 Å². The number of allylic oxidation sites excluding steroid dienone is 1. The van der Waals surface area contributed by atoms with Crippen LogP contribution >= 0.6 is 0 Å². The van der Waals surface area contributed by atoms with E-state index >= 15 is 4.39 Å². The second kappa shape index (κ2) is 44.5. The summed E-state index contributed by atoms with van der Waals surface area (Å²) >= 11 is 0. The van der Waals surface area contributed by atoms with Crippen LogP contribution in [0.25, 0.3) is 22.3 Å². The summed E-state index contributed by atoms with van der Waals surface area (Å²) in [4.78, 5) is 132. The summed E-state index contributed by atoms with van der Waals surface area (Å²) in [5, 5.41) is 49.7. The van der Waals surface area contributed by atoms with Crippen LogP contribution in [0.1, 0.15) is 92.8 Å². The number of aliphatic hydroxyl groups excluding tert-OH is 1. The number of halogens is 1. The van der Waals surface area contributed by atoms with Gasteiger partial charge in [-0.2, -0.15) is 0 Å². The van der Waals surface area contributed by atoms with Gasteiger partial charge in [-0.25, -0.2) is 9.37 Å². The molecule has 1 fully saturated rings. The number of rotatable bonds is 35. The van der Waals surface area contributed by atoms with Gasteiger partial charge in [0, 0.05) is 121 Å². The quantitative estimate of drug-likeness (QED) is 0.0102. The Morgan fingerprint density at radius 3 is 1.96 bits per heavy atom. The van der Waals surface area contributed by atoms with Crippen molar-refractivity contribution in [2.24, 2.45) is 0 Å². The molecule has 3 aliphatic rings. The SMILES string of the molecule is CCC(O)(O)c1cc2n(c(=O)c1CO)Cc1c-2nc2cc(F)c(C)c3c2c1C(NC(=O)C1COCCN1C(=O)CNC=O)CC3.CCCOCCOCCOCCOCCNC(=O)CCN(C)C(=O)/C=C\C=O.CCNC(=O)CNC=O.CCNC(=O)CNC=O.[Y]. The van der Waals surface area contributed by atoms with Crippen molar-refractivity contribution in [3.63, 3.8) is 0 Å². The van der Waals surface area contributed by atoms with Crippen LogP contribution in [-0.4, -0.2) is 227 Å². The van der Waals surface area contributed by atoms with E-state index in [2.05, 4.69) is 44.1 Å². The first-order valence-corrected chi connectivity index (χ1v) is 29.9. The smallest absolute Gasteiger partial charge is 0.257 e. The van der Waals surface area contributed by atoms with Crippen LogP contribution in [0.4, 0.5) is 4.39 Å². The van der Waals surface area contributed by atoms with Crippen molar-refractivity contribution in [3.8, 4) is 11.4 Å². The molecule has 2 aliphatic heterocycles. The van der Waals surface area contributed by atoms with E-state index in [4.69, 9.17) is 28.7 Å². The Kier molecular flexibility index (Phi) is 39.2. The van der Waals surface area contributed by atoms with Crippen LogP contribution in [0.5, 0.6) is 0 Å². The number of aryl methyl sites for hydroxylation is 1. The summed E-state index contributed by atoms with van der Waals surface area (Å²) in [5.74, 6) is -4.55. The fourth-order valence-electron chi connectivity index (χ4n) is 9.48. The molecule has 1 aliphatic carbocycles. The number of amides is 9. The minimum Gasteiger partial charge on any atom is -0.391 e. The second-order valence-corrected chi connectivity index (χ2v) is 20.3. The number of hydrogen-bond acceptors (Lipinski definition) is 20. The molecule has 9 amide bonds. The molecule has 10 N–H and O–H groups in total. The number of carbonyl (C=O) groups is 10. The number of aromatic nitrogens is 2. The monoisotopic (exact) mass is 1370 g/mol. The van der Waals surface area contributed by atoms with Crippen LogP contribution in [0.2, 0.25) is 0 Å². The molecule has 1 saturated heterocycles. The fraction of sp³-hybridized carbons (Fsp3) is 0.567. The largest absolute Gasteiger partial charge is 0.391 e. The van der Waals surface area contributed by atoms with Gasteiger partial charge in [-0.3, -0.25) is 52.7 Å². The molecule has 2 unspecified atom stereocenters. The van der Waals surface area contributed by atoms with Crippen LogP contribution in [0, 0.1) is 12.7 Å². The second-order valence-electron chi connectivity index (χ2n) is 20.3. The zero-order valence-electron chi connectivity index (χ0n) is 53.1. The Labute approximate surface area is 558 Å². The minimum absolute atomic E-state index is 0. The molecule has 2 aromatic heterocycles. The van der Waals surface area contributed by atoms with Gasteiger partial charge in [0.05, 0.1) is 121 Å². The molecule has 4 heterocycles. The number of nitrogens with zero attached hydrogens (tertiary/aromatic N) is 4. The van der Waals surface area contributed by atoms with E-state index in [-0.39, 0.29) is 138 Å². The number of benzene rings is 1. The first-order chi connectivity index (χ1) is 43.7. The van der Waals surface area contributed by atoms with Gasteiger partial charge in [0.2, 0.25) is 54.7 Å². The van der Waals surface area contributed by atoms with Crippen molar-refractivity contribution in [3.05, 3.63) is 73.8 Å². The molecule has 0 saturated carbocycles. The molecular weight excluding hydrogens is 1290 g/mol. The number of hydrogen-bond donors (Lipinski definition) is 10. The Morgan fingerprint density at radius 1 is 0.815 bits per heavy atom. The van der Waals surface area contributed by atoms with Crippen LogP contribution in [0.15, 0.2) is 29.1 Å². The first kappa shape index (κ1) is 81.0. The number of pyridine rings is 2. The maximum absolute atomic E-state index is 15.1. The number of likely N-dealkylation sites (N-methyl/N-ethyl adjacent to an activating group) is 3. The van der Waals surface area contributed by atoms with Crippen molar-refractivity contribution in [2.45, 2.75) is 97.7 Å². The fourth-order valence-corrected chi connectivity index (χ4v) is 9.48. The zero-order valence-corrected chi connectivity index (χ0v) is 55.9. The first-order valence-electron chi connectivity index (χ1n) is 29.9. The zero-order chi connectivity index (χ0) is 67.3. The van der Waals surface area contributed by atoms with Gasteiger partial charge >= 0.3 is 0 Å². The van der Waals surface area contributed by atoms with E-state index in [0.29, 0.717) is 138 Å². The molecule has 1 aromatic carbocycles. The number of aldehydes is 1. The third-order valence-electron chi connectivity index (χ3n) is 14.1. The van der Waals surface area contributed by atoms with Gasteiger partial charge in [-0.05, 0) is 68.9 Å². The van der Waals surface area contributed by atoms with Gasteiger partial charge in [0.25, 0.3) is 5.56 Å². The van der Waals surface area contributed by atoms with E-state index < -0.39 is 47.7 Å². The summed E-state index contributed by atoms with van der Waals surface area (Å²) in [7, 11) is 1.57. The van der Waals surface area contributed by atoms with Crippen molar-refractivity contribution >= 4 is 71.9 Å². The van der Waals surface area contributed by atoms with E-state index in [1.807, 2.05) is 13.8 Å². The minimum atomic E-state index is -2.39. The van der Waals surface area contributed by atoms with E-state index in [1.165, 1.54) is 33.4 Å². The molecule has 32 heteroatoms. The summed E-state index contributed by atoms with van der Waals surface area (Å²) in [6.07, 6.45) is 6.09. The van der Waals surface area contributed by atoms with Crippen LogP contribution < -0.4 is 42.8 Å². The maximum atomic E-state index is 15.1. The Balaban J connectivity index is 0.000000520. The molecule has 0 bridgehead atoms. The van der Waals surface area contributed by atoms with E-state index in [0.717, 1.165) is 30.7 Å². The number of nitrogens with one attached hydrogen (secondary N) is 7. The third-order valence-corrected chi connectivity index (χ3v) is 14.1. The molecule has 1 radical (unpaired) electrons. The number of carbonyl (C=O) groups excluding carboxylic acids is 10. The van der Waals surface area contributed by atoms with Gasteiger partial charge in [-0.15, -0.1) is 0 Å². The van der Waals surface area contributed by atoms with Gasteiger partial charge in [0.1, 0.15) is 18.1 Å². The summed E-state index contributed by atoms with van der Waals surface area (Å²) in [5.41, 5.74) is 2.50. The molecule has 0 spiro atoms. The predicted molar refractivity (Wildman–Crippen MR) is 327 cm³/mol. The summed E-state index contributed by atoms with van der Waals surface area (Å²) in [6.45, 7) is 14.6. The van der Waals surface area contributed by atoms with Crippen LogP contribution in [0.3, 0.4) is 0 Å². The molecule has 3 aromatic rings. The van der Waals surface area contributed by atoms with E-state index in [9.17, 15) is 68.1 Å². The van der Waals surface area contributed by atoms with Gasteiger partial charge < -0.3 is 90.6 Å². The van der Waals surface area contributed by atoms with Gasteiger partial charge in [-0.1, -0.05) is 13.8 Å². The summed E-state index contributed by atoms with van der Waals surface area (Å²) in [6, 6.07) is 1.18. The summed E-state index contributed by atoms with van der Waals surface area (Å²) < 4.78 is 43.4. The number of aliphatic hydroxyl groups is 3. The van der Waals surface area contributed by atoms with Crippen molar-refractivity contribution in [1.82, 2.24) is 56.6 Å². The number of morpholine rings is 1. The number of ether oxygens (including phenoxy) is 5. The number of fused-ring (bicyclic) bond motifs is 4. The standard InChI is InChI=1S/C31H34FN5O8.C19H34N2O7.2C5H10N2O2.Y/c1-3-31(43,44)19-8-23-28-17(11-37(23)30(42)18(19)12-38)27-21(5-4-16-15(2)20(32)9-22(34-28)26(16)27)35-29(41)24-13-45-7-6-36(24)25(40)10-33-14-39;1-3-10-25-12-14-27-16-17-28-15-13-26-11-7-20-18(23)6-8-21(2)19(24)5-4-9-22;2*1-2-7-5(9)3-6-4-8;/h8-9,14,21,24,38,43-44H,3-7,10-13H2,1-2H3,(H,33,39)(H,35,41);4-5,9H,3,6-8,10-17H2,1-2H3,(H,20,23);2*4H,2-3H2,1H3,(H,6,8)(H,7,9);/b;5-4-;;;. The molecule has 2 atom stereocenters. The Morgan fingerprint density at radius 2 is 1.40 bits per heavy atom. The molecule has 30 nitrogen and oxygen atoms in total. The molecule has 6 rings (SSSR count). The van der Waals surface area contributed by atoms with Crippen LogP contribution in [-0.2, 0) is 130 Å². The van der Waals surface area contributed by atoms with Crippen molar-refractivity contribution in [1.29, 1.82) is 0 Å². The Bertz CT molecular complexity index is 2980. The molecule has 92 heavy (non-hydrogen) atoms. The topological polar surface area (TPSA) is 403 Å². The normalized spacial score (nSPS) is 14.1. The van der Waals surface area contributed by atoms with Gasteiger partial charge in [0.15, 0.2) is 5.79 Å². The maximum Gasteiger partial charge on any atom is 0.257 e. The third kappa shape index (κ3) is 25.8. The predicted octanol–water partition coefficient (Wildman–Crippen LogP) is -2.09. The van der Waals surface area contributed by atoms with E-state index in [1.54, 1.807) is 14.0 Å². The van der Waals surface area contributed by atoms with Crippen molar-refractivity contribution in [2.75, 3.05) is 125 Å². The average Bonchev–Trinajstić information content (AvgIpc) is 1.46. The Hall–Kier alpha value is -7.07. The molecular formula is C60H88FN11O19Y.